The molecule has 2 rings (SSSR count). The Balaban J connectivity index is 2.20. The van der Waals surface area contributed by atoms with Crippen LogP contribution in [0.1, 0.15) is 33.7 Å². The van der Waals surface area contributed by atoms with E-state index in [9.17, 15) is 0 Å². The summed E-state index contributed by atoms with van der Waals surface area (Å²) in [6, 6.07) is 5.80. The third kappa shape index (κ3) is 3.23. The molecule has 2 N–H and O–H groups in total. The SMILES string of the molecule is CC(C)Oc1cccc(Oc2cnn(C(C)C)c2)c1N. The second kappa shape index (κ2) is 5.86. The Morgan fingerprint density at radius 1 is 1.15 bits per heavy atom. The maximum atomic E-state index is 6.07. The van der Waals surface area contributed by atoms with E-state index >= 15 is 0 Å². The number of rotatable bonds is 5. The second-order valence-corrected chi connectivity index (χ2v) is 5.19. The van der Waals surface area contributed by atoms with E-state index in [0.29, 0.717) is 29.0 Å². The minimum absolute atomic E-state index is 0.0660. The van der Waals surface area contributed by atoms with Crippen LogP contribution < -0.4 is 15.2 Å². The summed E-state index contributed by atoms with van der Waals surface area (Å²) in [5, 5.41) is 4.23. The van der Waals surface area contributed by atoms with Gasteiger partial charge in [0.2, 0.25) is 0 Å². The predicted octanol–water partition coefficient (Wildman–Crippen LogP) is 3.63. The molecule has 0 saturated carbocycles. The Bertz CT molecular complexity index is 576. The van der Waals surface area contributed by atoms with Gasteiger partial charge in [0, 0.05) is 6.04 Å². The zero-order valence-corrected chi connectivity index (χ0v) is 12.3. The molecule has 1 heterocycles. The van der Waals surface area contributed by atoms with Crippen molar-refractivity contribution in [1.82, 2.24) is 9.78 Å². The van der Waals surface area contributed by atoms with E-state index in [0.717, 1.165) is 0 Å². The van der Waals surface area contributed by atoms with Crippen molar-refractivity contribution >= 4 is 5.69 Å². The number of hydrogen-bond donors (Lipinski definition) is 1. The highest BCUT2D eigenvalue weighted by Gasteiger charge is 2.11. The standard InChI is InChI=1S/C15H21N3O2/c1-10(2)18-9-12(8-17-18)20-14-7-5-6-13(15(14)16)19-11(3)4/h5-11H,16H2,1-4H3. The van der Waals surface area contributed by atoms with Gasteiger partial charge in [-0.05, 0) is 39.8 Å². The van der Waals surface area contributed by atoms with E-state index in [1.165, 1.54) is 0 Å². The fourth-order valence-corrected chi connectivity index (χ4v) is 1.75. The lowest BCUT2D eigenvalue weighted by atomic mass is 10.2. The van der Waals surface area contributed by atoms with Crippen LogP contribution >= 0.6 is 0 Å². The summed E-state index contributed by atoms with van der Waals surface area (Å²) in [6.45, 7) is 8.03. The second-order valence-electron chi connectivity index (χ2n) is 5.19. The summed E-state index contributed by atoms with van der Waals surface area (Å²) in [4.78, 5) is 0. The van der Waals surface area contributed by atoms with E-state index < -0.39 is 0 Å². The van der Waals surface area contributed by atoms with Crippen molar-refractivity contribution in [2.75, 3.05) is 5.73 Å². The van der Waals surface area contributed by atoms with Crippen molar-refractivity contribution in [3.8, 4) is 17.2 Å². The number of benzene rings is 1. The molecule has 0 fully saturated rings. The van der Waals surface area contributed by atoms with Gasteiger partial charge in [-0.25, -0.2) is 0 Å². The Morgan fingerprint density at radius 2 is 1.85 bits per heavy atom. The lowest BCUT2D eigenvalue weighted by Crippen LogP contribution is -2.07. The lowest BCUT2D eigenvalue weighted by Gasteiger charge is -2.14. The van der Waals surface area contributed by atoms with Crippen molar-refractivity contribution in [2.45, 2.75) is 39.8 Å². The monoisotopic (exact) mass is 275 g/mol. The summed E-state index contributed by atoms with van der Waals surface area (Å²) in [6.07, 6.45) is 3.59. The molecule has 0 atom stereocenters. The van der Waals surface area contributed by atoms with Crippen LogP contribution in [0.15, 0.2) is 30.6 Å². The van der Waals surface area contributed by atoms with Gasteiger partial charge in [-0.3, -0.25) is 4.68 Å². The zero-order chi connectivity index (χ0) is 14.7. The van der Waals surface area contributed by atoms with Crippen LogP contribution in [0.4, 0.5) is 5.69 Å². The molecule has 0 aliphatic rings. The van der Waals surface area contributed by atoms with Crippen LogP contribution in [0.3, 0.4) is 0 Å². The molecule has 2 aromatic rings. The van der Waals surface area contributed by atoms with Crippen molar-refractivity contribution in [3.05, 3.63) is 30.6 Å². The van der Waals surface area contributed by atoms with Crippen LogP contribution in [-0.2, 0) is 0 Å². The van der Waals surface area contributed by atoms with Gasteiger partial charge in [-0.15, -0.1) is 0 Å². The minimum atomic E-state index is 0.0660. The van der Waals surface area contributed by atoms with Crippen molar-refractivity contribution in [3.63, 3.8) is 0 Å². The quantitative estimate of drug-likeness (QED) is 0.846. The molecule has 5 nitrogen and oxygen atoms in total. The summed E-state index contributed by atoms with van der Waals surface area (Å²) in [7, 11) is 0. The smallest absolute Gasteiger partial charge is 0.165 e. The van der Waals surface area contributed by atoms with Gasteiger partial charge in [0.1, 0.15) is 11.4 Å². The Kier molecular flexibility index (Phi) is 4.17. The Hall–Kier alpha value is -2.17. The van der Waals surface area contributed by atoms with Crippen LogP contribution in [0.2, 0.25) is 0 Å². The topological polar surface area (TPSA) is 62.3 Å². The molecule has 0 aliphatic heterocycles. The third-order valence-corrected chi connectivity index (χ3v) is 2.72. The van der Waals surface area contributed by atoms with Gasteiger partial charge < -0.3 is 15.2 Å². The first kappa shape index (κ1) is 14.2. The molecule has 108 valence electrons. The Labute approximate surface area is 119 Å². The van der Waals surface area contributed by atoms with Crippen LogP contribution in [0.25, 0.3) is 0 Å². The van der Waals surface area contributed by atoms with Crippen LogP contribution in [0.5, 0.6) is 17.2 Å². The van der Waals surface area contributed by atoms with E-state index in [-0.39, 0.29) is 6.10 Å². The summed E-state index contributed by atoms with van der Waals surface area (Å²) in [5.41, 5.74) is 6.57. The molecular weight excluding hydrogens is 254 g/mol. The average Bonchev–Trinajstić information content (AvgIpc) is 2.82. The Morgan fingerprint density at radius 3 is 2.45 bits per heavy atom. The largest absolute Gasteiger partial charge is 0.489 e. The molecule has 5 heteroatoms. The number of anilines is 1. The minimum Gasteiger partial charge on any atom is -0.489 e. The molecule has 0 unspecified atom stereocenters. The van der Waals surface area contributed by atoms with Gasteiger partial charge in [-0.2, -0.15) is 5.10 Å². The fraction of sp³-hybridized carbons (Fsp3) is 0.400. The van der Waals surface area contributed by atoms with E-state index in [1.54, 1.807) is 6.20 Å². The van der Waals surface area contributed by atoms with Gasteiger partial charge in [-0.1, -0.05) is 6.07 Å². The highest BCUT2D eigenvalue weighted by molar-refractivity contribution is 5.63. The van der Waals surface area contributed by atoms with E-state index in [2.05, 4.69) is 18.9 Å². The average molecular weight is 275 g/mol. The maximum Gasteiger partial charge on any atom is 0.165 e. The van der Waals surface area contributed by atoms with Crippen molar-refractivity contribution in [1.29, 1.82) is 0 Å². The number of para-hydroxylation sites is 1. The summed E-state index contributed by atoms with van der Waals surface area (Å²) in [5.74, 6) is 1.87. The normalized spacial score (nSPS) is 11.1. The van der Waals surface area contributed by atoms with Crippen LogP contribution in [-0.4, -0.2) is 15.9 Å². The van der Waals surface area contributed by atoms with Crippen molar-refractivity contribution < 1.29 is 9.47 Å². The molecule has 0 bridgehead atoms. The number of ether oxygens (including phenoxy) is 2. The third-order valence-electron chi connectivity index (χ3n) is 2.72. The van der Waals surface area contributed by atoms with E-state index in [1.807, 2.05) is 42.9 Å². The molecule has 0 aliphatic carbocycles. The number of nitrogen functional groups attached to an aromatic ring is 1. The molecule has 1 aromatic carbocycles. The summed E-state index contributed by atoms with van der Waals surface area (Å²) < 4.78 is 13.2. The highest BCUT2D eigenvalue weighted by Crippen LogP contribution is 2.35. The molecule has 20 heavy (non-hydrogen) atoms. The molecule has 0 amide bonds. The van der Waals surface area contributed by atoms with Crippen LogP contribution in [0, 0.1) is 0 Å². The van der Waals surface area contributed by atoms with Gasteiger partial charge in [0.15, 0.2) is 11.5 Å². The fourth-order valence-electron chi connectivity index (χ4n) is 1.75. The van der Waals surface area contributed by atoms with Gasteiger partial charge >= 0.3 is 0 Å². The number of nitrogens with zero attached hydrogens (tertiary/aromatic N) is 2. The van der Waals surface area contributed by atoms with Gasteiger partial charge in [0.25, 0.3) is 0 Å². The summed E-state index contributed by atoms with van der Waals surface area (Å²) >= 11 is 0. The van der Waals surface area contributed by atoms with Crippen molar-refractivity contribution in [2.24, 2.45) is 0 Å². The first-order valence-corrected chi connectivity index (χ1v) is 6.74. The molecule has 0 spiro atoms. The first-order chi connectivity index (χ1) is 9.47. The van der Waals surface area contributed by atoms with E-state index in [4.69, 9.17) is 15.2 Å². The molecule has 0 radical (unpaired) electrons. The lowest BCUT2D eigenvalue weighted by molar-refractivity contribution is 0.243. The molecular formula is C15H21N3O2. The first-order valence-electron chi connectivity index (χ1n) is 6.74. The molecule has 0 saturated heterocycles. The van der Waals surface area contributed by atoms with Gasteiger partial charge in [0.05, 0.1) is 18.5 Å². The predicted molar refractivity (Wildman–Crippen MR) is 79.3 cm³/mol. The zero-order valence-electron chi connectivity index (χ0n) is 12.3. The maximum absolute atomic E-state index is 6.07. The number of aromatic nitrogens is 2. The highest BCUT2D eigenvalue weighted by atomic mass is 16.5. The molecule has 1 aromatic heterocycles. The number of hydrogen-bond acceptors (Lipinski definition) is 4. The number of nitrogens with two attached hydrogens (primary N) is 1.